The molecule has 0 atom stereocenters. The van der Waals surface area contributed by atoms with Gasteiger partial charge in [-0.05, 0) is 48.5 Å². The van der Waals surface area contributed by atoms with Gasteiger partial charge in [0, 0.05) is 11.8 Å². The number of para-hydroxylation sites is 1. The third-order valence-corrected chi connectivity index (χ3v) is 3.95. The lowest BCUT2D eigenvalue weighted by atomic mass is 10.1. The van der Waals surface area contributed by atoms with Crippen molar-refractivity contribution in [3.05, 3.63) is 78.7 Å². The fourth-order valence-corrected chi connectivity index (χ4v) is 2.71. The van der Waals surface area contributed by atoms with Gasteiger partial charge in [0.2, 0.25) is 0 Å². The van der Waals surface area contributed by atoms with Crippen molar-refractivity contribution in [2.45, 2.75) is 0 Å². The van der Waals surface area contributed by atoms with Gasteiger partial charge < -0.3 is 4.74 Å². The number of pyridine rings is 1. The number of nitrogens with zero attached hydrogens (tertiary/aromatic N) is 4. The van der Waals surface area contributed by atoms with Gasteiger partial charge in [0.25, 0.3) is 0 Å². The standard InChI is InChI=1S/C20H15FN4O/c1-26-17-7-3-2-6-16(17)19-20(25-13-5-4-8-18(25)22-19)24-23-15-11-9-14(21)10-12-15/h2-13H,1H3. The Kier molecular flexibility index (Phi) is 4.15. The smallest absolute Gasteiger partial charge is 0.187 e. The highest BCUT2D eigenvalue weighted by Crippen LogP contribution is 2.37. The van der Waals surface area contributed by atoms with E-state index in [2.05, 4.69) is 15.2 Å². The Hall–Kier alpha value is -3.54. The number of azo groups is 1. The Balaban J connectivity index is 1.88. The Morgan fingerprint density at radius 3 is 2.50 bits per heavy atom. The minimum atomic E-state index is -0.312. The third-order valence-electron chi connectivity index (χ3n) is 3.95. The predicted molar refractivity (Wildman–Crippen MR) is 97.8 cm³/mol. The van der Waals surface area contributed by atoms with E-state index in [1.54, 1.807) is 19.2 Å². The topological polar surface area (TPSA) is 51.2 Å². The molecule has 0 unspecified atom stereocenters. The van der Waals surface area contributed by atoms with Gasteiger partial charge in [0.05, 0.1) is 12.8 Å². The van der Waals surface area contributed by atoms with Gasteiger partial charge in [-0.2, -0.15) is 0 Å². The molecule has 6 heteroatoms. The van der Waals surface area contributed by atoms with Crippen molar-refractivity contribution < 1.29 is 9.13 Å². The molecule has 2 aromatic heterocycles. The summed E-state index contributed by atoms with van der Waals surface area (Å²) in [5, 5.41) is 8.63. The van der Waals surface area contributed by atoms with Crippen molar-refractivity contribution in [1.29, 1.82) is 0 Å². The monoisotopic (exact) mass is 346 g/mol. The number of rotatable bonds is 4. The van der Waals surface area contributed by atoms with Crippen molar-refractivity contribution in [3.63, 3.8) is 0 Å². The lowest BCUT2D eigenvalue weighted by molar-refractivity contribution is 0.416. The first kappa shape index (κ1) is 16.0. The number of hydrogen-bond acceptors (Lipinski definition) is 4. The number of fused-ring (bicyclic) bond motifs is 1. The lowest BCUT2D eigenvalue weighted by Crippen LogP contribution is -1.88. The van der Waals surface area contributed by atoms with E-state index >= 15 is 0 Å². The highest BCUT2D eigenvalue weighted by molar-refractivity contribution is 5.78. The van der Waals surface area contributed by atoms with Crippen LogP contribution < -0.4 is 4.74 Å². The molecule has 0 bridgehead atoms. The molecule has 2 heterocycles. The van der Waals surface area contributed by atoms with E-state index in [0.717, 1.165) is 11.2 Å². The molecule has 4 rings (SSSR count). The Bertz CT molecular complexity index is 1090. The number of hydrogen-bond donors (Lipinski definition) is 0. The van der Waals surface area contributed by atoms with Crippen LogP contribution in [-0.2, 0) is 0 Å². The van der Waals surface area contributed by atoms with Crippen molar-refractivity contribution in [2.75, 3.05) is 7.11 Å². The molecule has 2 aromatic carbocycles. The Labute approximate surface area is 149 Å². The molecule has 0 saturated carbocycles. The van der Waals surface area contributed by atoms with Crippen molar-refractivity contribution >= 4 is 17.2 Å². The van der Waals surface area contributed by atoms with E-state index in [1.807, 2.05) is 53.1 Å². The summed E-state index contributed by atoms with van der Waals surface area (Å²) in [4.78, 5) is 4.69. The van der Waals surface area contributed by atoms with Gasteiger partial charge in [-0.1, -0.05) is 18.2 Å². The van der Waals surface area contributed by atoms with Crippen LogP contribution in [0.3, 0.4) is 0 Å². The van der Waals surface area contributed by atoms with E-state index in [-0.39, 0.29) is 5.82 Å². The van der Waals surface area contributed by atoms with Gasteiger partial charge >= 0.3 is 0 Å². The van der Waals surface area contributed by atoms with Crippen LogP contribution in [0.2, 0.25) is 0 Å². The quantitative estimate of drug-likeness (QED) is 0.454. The molecular formula is C20H15FN4O. The maximum atomic E-state index is 13.1. The zero-order valence-electron chi connectivity index (χ0n) is 14.0. The summed E-state index contributed by atoms with van der Waals surface area (Å²) in [5.74, 6) is 0.969. The number of methoxy groups -OCH3 is 1. The van der Waals surface area contributed by atoms with E-state index in [9.17, 15) is 4.39 Å². The number of imidazole rings is 1. The molecule has 0 spiro atoms. The first-order chi connectivity index (χ1) is 12.8. The SMILES string of the molecule is COc1ccccc1-c1nc2ccccn2c1N=Nc1ccc(F)cc1. The van der Waals surface area contributed by atoms with Crippen LogP contribution in [0.15, 0.2) is 83.2 Å². The summed E-state index contributed by atoms with van der Waals surface area (Å²) in [6.07, 6.45) is 1.88. The highest BCUT2D eigenvalue weighted by Gasteiger charge is 2.17. The van der Waals surface area contributed by atoms with Crippen LogP contribution >= 0.6 is 0 Å². The number of benzene rings is 2. The molecule has 0 amide bonds. The van der Waals surface area contributed by atoms with E-state index in [4.69, 9.17) is 4.74 Å². The average Bonchev–Trinajstić information content (AvgIpc) is 3.06. The highest BCUT2D eigenvalue weighted by atomic mass is 19.1. The summed E-state index contributed by atoms with van der Waals surface area (Å²) < 4.78 is 20.4. The largest absolute Gasteiger partial charge is 0.496 e. The summed E-state index contributed by atoms with van der Waals surface area (Å²) in [5.41, 5.74) is 2.80. The van der Waals surface area contributed by atoms with E-state index < -0.39 is 0 Å². The summed E-state index contributed by atoms with van der Waals surface area (Å²) in [6.45, 7) is 0. The summed E-state index contributed by atoms with van der Waals surface area (Å²) in [6, 6.07) is 19.2. The van der Waals surface area contributed by atoms with Crippen LogP contribution in [0.1, 0.15) is 0 Å². The molecule has 0 aliphatic heterocycles. The first-order valence-corrected chi connectivity index (χ1v) is 8.04. The molecule has 4 aromatic rings. The maximum absolute atomic E-state index is 13.1. The molecule has 26 heavy (non-hydrogen) atoms. The maximum Gasteiger partial charge on any atom is 0.187 e. The number of halogens is 1. The lowest BCUT2D eigenvalue weighted by Gasteiger charge is -2.06. The minimum Gasteiger partial charge on any atom is -0.496 e. The summed E-state index contributed by atoms with van der Waals surface area (Å²) >= 11 is 0. The van der Waals surface area contributed by atoms with Gasteiger partial charge in [0.15, 0.2) is 5.82 Å². The van der Waals surface area contributed by atoms with E-state index in [1.165, 1.54) is 12.1 Å². The normalized spacial score (nSPS) is 11.3. The van der Waals surface area contributed by atoms with Gasteiger partial charge in [-0.3, -0.25) is 4.40 Å². The minimum absolute atomic E-state index is 0.312. The van der Waals surface area contributed by atoms with Gasteiger partial charge in [-0.25, -0.2) is 9.37 Å². The molecule has 0 fully saturated rings. The molecule has 0 aliphatic rings. The van der Waals surface area contributed by atoms with Crippen LogP contribution in [0.4, 0.5) is 15.9 Å². The van der Waals surface area contributed by atoms with Gasteiger partial charge in [-0.15, -0.1) is 10.2 Å². The molecule has 0 aliphatic carbocycles. The van der Waals surface area contributed by atoms with Crippen LogP contribution in [0.25, 0.3) is 16.9 Å². The third kappa shape index (κ3) is 2.93. The zero-order chi connectivity index (χ0) is 17.9. The summed E-state index contributed by atoms with van der Waals surface area (Å²) in [7, 11) is 1.62. The number of ether oxygens (including phenoxy) is 1. The molecule has 128 valence electrons. The van der Waals surface area contributed by atoms with Crippen molar-refractivity contribution in [3.8, 4) is 17.0 Å². The second-order valence-corrected chi connectivity index (χ2v) is 5.59. The molecule has 0 N–H and O–H groups in total. The molecular weight excluding hydrogens is 331 g/mol. The van der Waals surface area contributed by atoms with Crippen LogP contribution in [0.5, 0.6) is 5.75 Å². The fourth-order valence-electron chi connectivity index (χ4n) is 2.71. The Morgan fingerprint density at radius 1 is 0.923 bits per heavy atom. The van der Waals surface area contributed by atoms with Crippen LogP contribution in [0, 0.1) is 5.82 Å². The second-order valence-electron chi connectivity index (χ2n) is 5.59. The molecule has 0 saturated heterocycles. The molecule has 0 radical (unpaired) electrons. The second kappa shape index (κ2) is 6.76. The van der Waals surface area contributed by atoms with Crippen LogP contribution in [-0.4, -0.2) is 16.5 Å². The molecule has 5 nitrogen and oxygen atoms in total. The fraction of sp³-hybridized carbons (Fsp3) is 0.0500. The zero-order valence-corrected chi connectivity index (χ0v) is 14.0. The average molecular weight is 346 g/mol. The van der Waals surface area contributed by atoms with E-state index in [0.29, 0.717) is 22.9 Å². The van der Waals surface area contributed by atoms with Crippen molar-refractivity contribution in [2.24, 2.45) is 10.2 Å². The number of aromatic nitrogens is 2. The van der Waals surface area contributed by atoms with Gasteiger partial charge in [0.1, 0.15) is 22.9 Å². The first-order valence-electron chi connectivity index (χ1n) is 8.04. The van der Waals surface area contributed by atoms with Crippen molar-refractivity contribution in [1.82, 2.24) is 9.38 Å². The predicted octanol–water partition coefficient (Wildman–Crippen LogP) is 5.56. The Morgan fingerprint density at radius 2 is 1.69 bits per heavy atom.